The van der Waals surface area contributed by atoms with E-state index in [1.54, 1.807) is 47.1 Å². The van der Waals surface area contributed by atoms with Crippen molar-refractivity contribution in [2.75, 3.05) is 4.90 Å². The fourth-order valence-electron chi connectivity index (χ4n) is 5.52. The SMILES string of the molecule is O=C(O)c1ccc(Cl)c(N2C(=O)c3ccc4c5c3C(C=CC5C(=O)n3c-4nc4cc(Cl)ccc43)C2=O)c1. The van der Waals surface area contributed by atoms with Gasteiger partial charge in [0.1, 0.15) is 5.82 Å². The molecular formula is C27H13Cl2N3O5. The predicted molar refractivity (Wildman–Crippen MR) is 136 cm³/mol. The van der Waals surface area contributed by atoms with E-state index in [0.29, 0.717) is 38.6 Å². The topological polar surface area (TPSA) is 110 Å². The van der Waals surface area contributed by atoms with Crippen LogP contribution in [0.2, 0.25) is 10.0 Å². The number of carboxylic acids is 1. The second-order valence-corrected chi connectivity index (χ2v) is 9.86. The molecule has 0 radical (unpaired) electrons. The number of imidazole rings is 1. The standard InChI is InChI=1S/C27H13Cl2N3O5/c28-12-2-8-19-18(10-12)30-23-13-3-4-15-22-16(6-5-14(21(13)22)24(33)31(19)23)26(35)32(25(15)34)20-9-11(27(36)37)1-7-17(20)29/h1-10,14,16H,(H,36,37). The molecule has 37 heavy (non-hydrogen) atoms. The Hall–Kier alpha value is -4.27. The molecule has 2 aliphatic heterocycles. The zero-order valence-electron chi connectivity index (χ0n) is 18.6. The van der Waals surface area contributed by atoms with E-state index in [2.05, 4.69) is 4.98 Å². The summed E-state index contributed by atoms with van der Waals surface area (Å²) in [6.07, 6.45) is 3.30. The molecule has 0 saturated heterocycles. The number of imide groups is 1. The number of aromatic nitrogens is 2. The van der Waals surface area contributed by atoms with Gasteiger partial charge in [-0.25, -0.2) is 14.7 Å². The Labute approximate surface area is 218 Å². The van der Waals surface area contributed by atoms with Gasteiger partial charge >= 0.3 is 5.97 Å². The molecule has 7 rings (SSSR count). The minimum Gasteiger partial charge on any atom is -0.478 e. The van der Waals surface area contributed by atoms with Gasteiger partial charge in [-0.1, -0.05) is 41.4 Å². The molecule has 0 bridgehead atoms. The van der Waals surface area contributed by atoms with Crippen LogP contribution in [0, 0.1) is 0 Å². The number of fused-ring (bicyclic) bond motifs is 4. The summed E-state index contributed by atoms with van der Waals surface area (Å²) >= 11 is 12.5. The summed E-state index contributed by atoms with van der Waals surface area (Å²) in [5, 5.41) is 9.96. The van der Waals surface area contributed by atoms with Crippen LogP contribution in [0.1, 0.15) is 48.5 Å². The van der Waals surface area contributed by atoms with Gasteiger partial charge in [0.2, 0.25) is 11.8 Å². The Morgan fingerprint density at radius 2 is 1.57 bits per heavy atom. The molecule has 1 aliphatic carbocycles. The molecule has 3 heterocycles. The molecule has 8 nitrogen and oxygen atoms in total. The summed E-state index contributed by atoms with van der Waals surface area (Å²) in [5.74, 6) is -3.82. The lowest BCUT2D eigenvalue weighted by atomic mass is 9.73. The molecule has 4 aromatic rings. The molecule has 0 fully saturated rings. The first kappa shape index (κ1) is 22.0. The van der Waals surface area contributed by atoms with Gasteiger partial charge in [-0.15, -0.1) is 0 Å². The number of carbonyl (C=O) groups excluding carboxylic acids is 3. The number of nitrogens with zero attached hydrogens (tertiary/aromatic N) is 3. The van der Waals surface area contributed by atoms with Crippen LogP contribution >= 0.6 is 23.2 Å². The molecule has 1 N–H and O–H groups in total. The van der Waals surface area contributed by atoms with Gasteiger partial charge in [-0.2, -0.15) is 0 Å². The van der Waals surface area contributed by atoms with Crippen molar-refractivity contribution in [3.8, 4) is 11.4 Å². The zero-order chi connectivity index (χ0) is 25.7. The van der Waals surface area contributed by atoms with Gasteiger partial charge < -0.3 is 5.11 Å². The molecule has 3 aromatic carbocycles. The summed E-state index contributed by atoms with van der Waals surface area (Å²) in [7, 11) is 0. The number of rotatable bonds is 2. The van der Waals surface area contributed by atoms with E-state index in [1.165, 1.54) is 18.2 Å². The lowest BCUT2D eigenvalue weighted by molar-refractivity contribution is -0.118. The van der Waals surface area contributed by atoms with Crippen LogP contribution < -0.4 is 4.90 Å². The van der Waals surface area contributed by atoms with E-state index in [0.717, 1.165) is 4.90 Å². The second-order valence-electron chi connectivity index (χ2n) is 9.02. The van der Waals surface area contributed by atoms with Gasteiger partial charge in [0.05, 0.1) is 39.1 Å². The molecule has 2 amide bonds. The molecule has 2 unspecified atom stereocenters. The highest BCUT2D eigenvalue weighted by Gasteiger charge is 2.47. The van der Waals surface area contributed by atoms with Crippen LogP contribution in [0.4, 0.5) is 5.69 Å². The van der Waals surface area contributed by atoms with E-state index in [9.17, 15) is 24.3 Å². The van der Waals surface area contributed by atoms with Crippen LogP contribution in [0.3, 0.4) is 0 Å². The molecule has 0 spiro atoms. The van der Waals surface area contributed by atoms with Gasteiger partial charge in [0.15, 0.2) is 0 Å². The maximum atomic E-state index is 13.7. The number of amides is 2. The van der Waals surface area contributed by atoms with Crippen LogP contribution in [0.15, 0.2) is 60.7 Å². The maximum Gasteiger partial charge on any atom is 0.335 e. The van der Waals surface area contributed by atoms with Crippen molar-refractivity contribution < 1.29 is 24.3 Å². The smallest absolute Gasteiger partial charge is 0.335 e. The first-order valence-corrected chi connectivity index (χ1v) is 12.0. The molecule has 1 aromatic heterocycles. The van der Waals surface area contributed by atoms with Crippen LogP contribution in [0.25, 0.3) is 22.4 Å². The van der Waals surface area contributed by atoms with E-state index in [1.807, 2.05) is 0 Å². The van der Waals surface area contributed by atoms with Crippen molar-refractivity contribution in [2.45, 2.75) is 11.8 Å². The molecule has 3 aliphatic rings. The van der Waals surface area contributed by atoms with Crippen molar-refractivity contribution in [1.29, 1.82) is 0 Å². The van der Waals surface area contributed by atoms with Crippen molar-refractivity contribution in [3.05, 3.63) is 93.0 Å². The second kappa shape index (κ2) is 7.38. The van der Waals surface area contributed by atoms with Gasteiger partial charge in [0, 0.05) is 16.1 Å². The average Bonchev–Trinajstić information content (AvgIpc) is 3.25. The predicted octanol–water partition coefficient (Wildman–Crippen LogP) is 5.29. The fourth-order valence-corrected chi connectivity index (χ4v) is 5.88. The highest BCUT2D eigenvalue weighted by molar-refractivity contribution is 6.37. The fraction of sp³-hybridized carbons (Fsp3) is 0.0741. The molecule has 180 valence electrons. The number of benzene rings is 3. The van der Waals surface area contributed by atoms with E-state index < -0.39 is 29.6 Å². The Kier molecular flexibility index (Phi) is 4.38. The first-order valence-electron chi connectivity index (χ1n) is 11.2. The number of carboxylic acid groups (broad SMARTS) is 1. The summed E-state index contributed by atoms with van der Waals surface area (Å²) < 4.78 is 1.55. The number of allylic oxidation sites excluding steroid dienone is 1. The number of aromatic carboxylic acids is 1. The molecular weight excluding hydrogens is 517 g/mol. The Balaban J connectivity index is 1.46. The number of hydrogen-bond acceptors (Lipinski definition) is 5. The third-order valence-electron chi connectivity index (χ3n) is 7.10. The quantitative estimate of drug-likeness (QED) is 0.279. The van der Waals surface area contributed by atoms with Crippen LogP contribution in [-0.2, 0) is 4.79 Å². The lowest BCUT2D eigenvalue weighted by Crippen LogP contribution is -2.46. The number of anilines is 1. The number of hydrogen-bond donors (Lipinski definition) is 1. The third kappa shape index (κ3) is 2.82. The first-order chi connectivity index (χ1) is 17.8. The number of carbonyl (C=O) groups is 4. The molecule has 2 atom stereocenters. The van der Waals surface area contributed by atoms with Crippen molar-refractivity contribution in [1.82, 2.24) is 9.55 Å². The largest absolute Gasteiger partial charge is 0.478 e. The van der Waals surface area contributed by atoms with Crippen LogP contribution in [0.5, 0.6) is 0 Å². The highest BCUT2D eigenvalue weighted by Crippen LogP contribution is 2.49. The summed E-state index contributed by atoms with van der Waals surface area (Å²) in [6.45, 7) is 0. The normalized spacial score (nSPS) is 19.3. The van der Waals surface area contributed by atoms with Crippen molar-refractivity contribution >= 4 is 63.6 Å². The monoisotopic (exact) mass is 529 g/mol. The van der Waals surface area contributed by atoms with Crippen molar-refractivity contribution in [3.63, 3.8) is 0 Å². The van der Waals surface area contributed by atoms with Gasteiger partial charge in [-0.3, -0.25) is 19.0 Å². The minimum atomic E-state index is -1.22. The van der Waals surface area contributed by atoms with Gasteiger partial charge in [0.25, 0.3) is 5.91 Å². The number of halogens is 2. The van der Waals surface area contributed by atoms with Crippen molar-refractivity contribution in [2.24, 2.45) is 0 Å². The van der Waals surface area contributed by atoms with Gasteiger partial charge in [-0.05, 0) is 53.6 Å². The van der Waals surface area contributed by atoms with Crippen LogP contribution in [-0.4, -0.2) is 38.3 Å². The summed E-state index contributed by atoms with van der Waals surface area (Å²) in [6, 6.07) is 12.3. The lowest BCUT2D eigenvalue weighted by Gasteiger charge is -2.38. The zero-order valence-corrected chi connectivity index (χ0v) is 20.1. The molecule has 10 heteroatoms. The van der Waals surface area contributed by atoms with E-state index in [4.69, 9.17) is 23.2 Å². The Bertz CT molecular complexity index is 1820. The molecule has 0 saturated carbocycles. The summed E-state index contributed by atoms with van der Waals surface area (Å²) in [4.78, 5) is 58.1. The Morgan fingerprint density at radius 1 is 0.865 bits per heavy atom. The van der Waals surface area contributed by atoms with E-state index in [-0.39, 0.29) is 27.7 Å². The maximum absolute atomic E-state index is 13.7. The Morgan fingerprint density at radius 3 is 2.32 bits per heavy atom. The summed E-state index contributed by atoms with van der Waals surface area (Å²) in [5.41, 5.74) is 3.01. The minimum absolute atomic E-state index is 0.00907. The van der Waals surface area contributed by atoms with E-state index >= 15 is 0 Å². The highest BCUT2D eigenvalue weighted by atomic mass is 35.5. The average molecular weight is 530 g/mol. The third-order valence-corrected chi connectivity index (χ3v) is 7.66.